The average Bonchev–Trinajstić information content (AvgIpc) is 3.17. The fourth-order valence-electron chi connectivity index (χ4n) is 3.55. The minimum atomic E-state index is 0.712. The van der Waals surface area contributed by atoms with Gasteiger partial charge < -0.3 is 4.57 Å². The summed E-state index contributed by atoms with van der Waals surface area (Å²) in [5.41, 5.74) is 8.60. The maximum Gasteiger partial charge on any atom is 0.0949 e. The third-order valence-corrected chi connectivity index (χ3v) is 4.81. The summed E-state index contributed by atoms with van der Waals surface area (Å²) in [6.07, 6.45) is 7.45. The van der Waals surface area contributed by atoms with Crippen LogP contribution in [0.3, 0.4) is 0 Å². The van der Waals surface area contributed by atoms with E-state index in [0.29, 0.717) is 6.54 Å². The van der Waals surface area contributed by atoms with E-state index in [1.807, 2.05) is 29.4 Å². The first-order valence-corrected chi connectivity index (χ1v) is 8.79. The van der Waals surface area contributed by atoms with Gasteiger partial charge in [0, 0.05) is 24.2 Å². The molecule has 3 heteroatoms. The standard InChI is InChI=1S/C23H21N3/c1-17-10-11-20(18(2)23(17)19-7-4-3-5-8-19)21-9-6-12-25-22(21)15-26-14-13-24-16-26/h3-14,16H,15H2,1-2H3. The summed E-state index contributed by atoms with van der Waals surface area (Å²) in [4.78, 5) is 8.79. The molecule has 0 N–H and O–H groups in total. The lowest BCUT2D eigenvalue weighted by molar-refractivity contribution is 0.775. The molecule has 0 aliphatic carbocycles. The molecule has 4 rings (SSSR count). The van der Waals surface area contributed by atoms with E-state index in [4.69, 9.17) is 0 Å². The summed E-state index contributed by atoms with van der Waals surface area (Å²) in [6, 6.07) is 19.2. The van der Waals surface area contributed by atoms with Crippen LogP contribution >= 0.6 is 0 Å². The summed E-state index contributed by atoms with van der Waals surface area (Å²) in [5, 5.41) is 0. The van der Waals surface area contributed by atoms with Gasteiger partial charge in [-0.2, -0.15) is 0 Å². The summed E-state index contributed by atoms with van der Waals surface area (Å²) in [6.45, 7) is 5.09. The molecule has 0 saturated carbocycles. The smallest absolute Gasteiger partial charge is 0.0949 e. The molecule has 0 amide bonds. The largest absolute Gasteiger partial charge is 0.331 e. The van der Waals surface area contributed by atoms with Crippen LogP contribution in [0.15, 0.2) is 79.5 Å². The van der Waals surface area contributed by atoms with Crippen LogP contribution in [-0.2, 0) is 6.54 Å². The molecule has 0 saturated heterocycles. The third kappa shape index (κ3) is 3.04. The molecule has 2 aromatic heterocycles. The summed E-state index contributed by atoms with van der Waals surface area (Å²) < 4.78 is 2.05. The Morgan fingerprint density at radius 2 is 1.69 bits per heavy atom. The topological polar surface area (TPSA) is 30.7 Å². The van der Waals surface area contributed by atoms with E-state index in [9.17, 15) is 0 Å². The van der Waals surface area contributed by atoms with Crippen LogP contribution < -0.4 is 0 Å². The monoisotopic (exact) mass is 339 g/mol. The highest BCUT2D eigenvalue weighted by Gasteiger charge is 2.14. The van der Waals surface area contributed by atoms with Crippen molar-refractivity contribution >= 4 is 0 Å². The first-order chi connectivity index (χ1) is 12.7. The van der Waals surface area contributed by atoms with Crippen molar-refractivity contribution in [2.24, 2.45) is 0 Å². The molecule has 0 spiro atoms. The molecular formula is C23H21N3. The highest BCUT2D eigenvalue weighted by molar-refractivity contribution is 5.81. The number of rotatable bonds is 4. The second-order valence-electron chi connectivity index (χ2n) is 6.53. The van der Waals surface area contributed by atoms with Gasteiger partial charge in [0.2, 0.25) is 0 Å². The second kappa shape index (κ2) is 6.96. The lowest BCUT2D eigenvalue weighted by Gasteiger charge is -2.17. The lowest BCUT2D eigenvalue weighted by Crippen LogP contribution is -2.02. The zero-order chi connectivity index (χ0) is 17.9. The number of pyridine rings is 1. The van der Waals surface area contributed by atoms with E-state index >= 15 is 0 Å². The van der Waals surface area contributed by atoms with Gasteiger partial charge in [-0.05, 0) is 47.7 Å². The molecule has 26 heavy (non-hydrogen) atoms. The maximum absolute atomic E-state index is 4.65. The van der Waals surface area contributed by atoms with Crippen LogP contribution in [0.1, 0.15) is 16.8 Å². The van der Waals surface area contributed by atoms with Gasteiger partial charge in [0.05, 0.1) is 18.6 Å². The second-order valence-corrected chi connectivity index (χ2v) is 6.53. The summed E-state index contributed by atoms with van der Waals surface area (Å²) in [7, 11) is 0. The van der Waals surface area contributed by atoms with E-state index in [1.54, 1.807) is 6.20 Å². The van der Waals surface area contributed by atoms with Gasteiger partial charge in [0.1, 0.15) is 0 Å². The maximum atomic E-state index is 4.65. The molecule has 0 atom stereocenters. The van der Waals surface area contributed by atoms with Gasteiger partial charge in [0.15, 0.2) is 0 Å². The third-order valence-electron chi connectivity index (χ3n) is 4.81. The van der Waals surface area contributed by atoms with Gasteiger partial charge in [-0.15, -0.1) is 0 Å². The van der Waals surface area contributed by atoms with Gasteiger partial charge in [-0.1, -0.05) is 48.5 Å². The average molecular weight is 339 g/mol. The van der Waals surface area contributed by atoms with Crippen LogP contribution in [0.4, 0.5) is 0 Å². The number of imidazole rings is 1. The van der Waals surface area contributed by atoms with Crippen molar-refractivity contribution in [1.82, 2.24) is 14.5 Å². The van der Waals surface area contributed by atoms with E-state index < -0.39 is 0 Å². The number of hydrogen-bond donors (Lipinski definition) is 0. The summed E-state index contributed by atoms with van der Waals surface area (Å²) in [5.74, 6) is 0. The van der Waals surface area contributed by atoms with Crippen molar-refractivity contribution in [2.75, 3.05) is 0 Å². The normalized spacial score (nSPS) is 10.8. The number of aromatic nitrogens is 3. The van der Waals surface area contributed by atoms with E-state index in [0.717, 1.165) is 5.69 Å². The van der Waals surface area contributed by atoms with E-state index in [2.05, 4.69) is 72.3 Å². The molecule has 0 bridgehead atoms. The molecule has 0 aliphatic rings. The van der Waals surface area contributed by atoms with Crippen LogP contribution in [0.2, 0.25) is 0 Å². The first kappa shape index (κ1) is 16.3. The number of nitrogens with zero attached hydrogens (tertiary/aromatic N) is 3. The Morgan fingerprint density at radius 1 is 0.846 bits per heavy atom. The predicted octanol–water partition coefficient (Wildman–Crippen LogP) is 5.28. The Morgan fingerprint density at radius 3 is 2.46 bits per heavy atom. The lowest BCUT2D eigenvalue weighted by atomic mass is 9.89. The number of aryl methyl sites for hydroxylation is 1. The van der Waals surface area contributed by atoms with Crippen molar-refractivity contribution in [1.29, 1.82) is 0 Å². The van der Waals surface area contributed by atoms with Crippen molar-refractivity contribution < 1.29 is 0 Å². The number of hydrogen-bond acceptors (Lipinski definition) is 2. The SMILES string of the molecule is Cc1ccc(-c2cccnc2Cn2ccnc2)c(C)c1-c1ccccc1. The molecule has 0 aliphatic heterocycles. The Bertz CT molecular complexity index is 1020. The van der Waals surface area contributed by atoms with E-state index in [1.165, 1.54) is 33.4 Å². The van der Waals surface area contributed by atoms with Gasteiger partial charge >= 0.3 is 0 Å². The fourth-order valence-corrected chi connectivity index (χ4v) is 3.55. The highest BCUT2D eigenvalue weighted by Crippen LogP contribution is 2.35. The Kier molecular flexibility index (Phi) is 4.36. The van der Waals surface area contributed by atoms with Gasteiger partial charge in [-0.3, -0.25) is 4.98 Å². The van der Waals surface area contributed by atoms with Crippen LogP contribution in [0, 0.1) is 13.8 Å². The predicted molar refractivity (Wildman–Crippen MR) is 106 cm³/mol. The molecule has 2 aromatic carbocycles. The Labute approximate surface area is 154 Å². The summed E-state index contributed by atoms with van der Waals surface area (Å²) >= 11 is 0. The van der Waals surface area contributed by atoms with E-state index in [-0.39, 0.29) is 0 Å². The number of benzene rings is 2. The van der Waals surface area contributed by atoms with Crippen molar-refractivity contribution in [2.45, 2.75) is 20.4 Å². The molecule has 3 nitrogen and oxygen atoms in total. The molecular weight excluding hydrogens is 318 g/mol. The van der Waals surface area contributed by atoms with Gasteiger partial charge in [-0.25, -0.2) is 4.98 Å². The molecule has 4 aromatic rings. The molecule has 0 fully saturated rings. The first-order valence-electron chi connectivity index (χ1n) is 8.79. The Hall–Kier alpha value is -3.20. The fraction of sp³-hybridized carbons (Fsp3) is 0.130. The van der Waals surface area contributed by atoms with Crippen molar-refractivity contribution in [3.05, 3.63) is 96.3 Å². The molecule has 0 unspecified atom stereocenters. The van der Waals surface area contributed by atoms with Crippen molar-refractivity contribution in [3.8, 4) is 22.3 Å². The van der Waals surface area contributed by atoms with Crippen LogP contribution in [0.25, 0.3) is 22.3 Å². The van der Waals surface area contributed by atoms with Gasteiger partial charge in [0.25, 0.3) is 0 Å². The zero-order valence-corrected chi connectivity index (χ0v) is 15.1. The molecule has 0 radical (unpaired) electrons. The minimum Gasteiger partial charge on any atom is -0.331 e. The molecule has 128 valence electrons. The minimum absolute atomic E-state index is 0.712. The zero-order valence-electron chi connectivity index (χ0n) is 15.1. The van der Waals surface area contributed by atoms with Crippen molar-refractivity contribution in [3.63, 3.8) is 0 Å². The highest BCUT2D eigenvalue weighted by atomic mass is 15.0. The quantitative estimate of drug-likeness (QED) is 0.506. The van der Waals surface area contributed by atoms with Crippen LogP contribution in [-0.4, -0.2) is 14.5 Å². The molecule has 2 heterocycles. The Balaban J connectivity index is 1.85. The van der Waals surface area contributed by atoms with Crippen LogP contribution in [0.5, 0.6) is 0 Å².